The van der Waals surface area contributed by atoms with E-state index in [0.717, 1.165) is 0 Å². The van der Waals surface area contributed by atoms with Gasteiger partial charge in [-0.05, 0) is 23.3 Å². The van der Waals surface area contributed by atoms with Crippen molar-refractivity contribution in [1.82, 2.24) is 25.2 Å². The van der Waals surface area contributed by atoms with E-state index in [1.54, 1.807) is 12.5 Å². The molecule has 1 saturated carbocycles. The van der Waals surface area contributed by atoms with E-state index in [4.69, 9.17) is 9.47 Å². The molecule has 0 unspecified atom stereocenters. The van der Waals surface area contributed by atoms with Crippen LogP contribution in [-0.2, 0) is 31.2 Å². The van der Waals surface area contributed by atoms with Crippen LogP contribution in [0.5, 0.6) is 0 Å². The molecule has 3 rings (SSSR count). The van der Waals surface area contributed by atoms with Gasteiger partial charge in [-0.2, -0.15) is 0 Å². The molecule has 0 bridgehead atoms. The second-order valence-corrected chi connectivity index (χ2v) is 6.48. The van der Waals surface area contributed by atoms with Crippen LogP contribution in [0.25, 0.3) is 0 Å². The second-order valence-electron chi connectivity index (χ2n) is 5.65. The Morgan fingerprint density at radius 3 is 2.84 bits per heavy atom. The number of methoxy groups -OCH3 is 1. The smallest absolute Gasteiger partial charge is 0.334 e. The summed E-state index contributed by atoms with van der Waals surface area (Å²) in [6, 6.07) is 0. The number of ether oxygens (including phenoxy) is 2. The van der Waals surface area contributed by atoms with Crippen molar-refractivity contribution < 1.29 is 19.1 Å². The molecular weight excluding hydrogens is 348 g/mol. The molecule has 2 heterocycles. The van der Waals surface area contributed by atoms with Gasteiger partial charge in [-0.25, -0.2) is 14.5 Å². The van der Waals surface area contributed by atoms with Gasteiger partial charge in [0.1, 0.15) is 12.9 Å². The Bertz CT molecular complexity index is 742. The van der Waals surface area contributed by atoms with Crippen LogP contribution >= 0.6 is 11.3 Å². The van der Waals surface area contributed by atoms with Crippen molar-refractivity contribution in [3.63, 3.8) is 0 Å². The molecule has 2 aromatic rings. The molecule has 2 aromatic heterocycles. The van der Waals surface area contributed by atoms with Crippen LogP contribution in [0.1, 0.15) is 25.5 Å². The lowest BCUT2D eigenvalue weighted by Gasteiger charge is -2.17. The van der Waals surface area contributed by atoms with E-state index in [1.165, 1.54) is 34.2 Å². The first-order chi connectivity index (χ1) is 12.1. The third kappa shape index (κ3) is 3.66. The molecule has 25 heavy (non-hydrogen) atoms. The fourth-order valence-corrected chi connectivity index (χ4v) is 3.21. The number of thiazole rings is 1. The van der Waals surface area contributed by atoms with Crippen LogP contribution in [0.4, 0.5) is 5.13 Å². The molecule has 0 radical (unpaired) electrons. The minimum atomic E-state index is -0.785. The number of hydrogen-bond donors (Lipinski definition) is 0. The summed E-state index contributed by atoms with van der Waals surface area (Å²) in [6.45, 7) is 2.34. The number of esters is 1. The summed E-state index contributed by atoms with van der Waals surface area (Å²) in [7, 11) is 1.57. The van der Waals surface area contributed by atoms with Crippen molar-refractivity contribution in [1.29, 1.82) is 0 Å². The van der Waals surface area contributed by atoms with Crippen molar-refractivity contribution in [3.05, 3.63) is 17.4 Å². The van der Waals surface area contributed by atoms with E-state index >= 15 is 0 Å². The number of amides is 1. The Labute approximate surface area is 147 Å². The fourth-order valence-electron chi connectivity index (χ4n) is 2.33. The Hall–Kier alpha value is -2.40. The van der Waals surface area contributed by atoms with Crippen LogP contribution < -0.4 is 4.90 Å². The van der Waals surface area contributed by atoms with Gasteiger partial charge < -0.3 is 9.47 Å². The first-order valence-corrected chi connectivity index (χ1v) is 8.57. The van der Waals surface area contributed by atoms with Crippen molar-refractivity contribution in [3.8, 4) is 0 Å². The summed E-state index contributed by atoms with van der Waals surface area (Å²) < 4.78 is 11.8. The number of carbonyl (C=O) groups is 2. The lowest BCUT2D eigenvalue weighted by Crippen LogP contribution is -2.31. The average Bonchev–Trinajstić information content (AvgIpc) is 3.00. The minimum Gasteiger partial charge on any atom is -0.457 e. The zero-order valence-corrected chi connectivity index (χ0v) is 14.7. The summed E-state index contributed by atoms with van der Waals surface area (Å²) in [5.41, 5.74) is -0.198. The molecule has 10 nitrogen and oxygen atoms in total. The van der Waals surface area contributed by atoms with E-state index in [9.17, 15) is 9.59 Å². The normalized spacial score (nSPS) is 15.0. The highest BCUT2D eigenvalue weighted by atomic mass is 32.1. The standard InChI is InChI=1S/C14H18N6O4S/c1-10(21)19(5-6-23-2)13-16-11(8-25-13)7-24-12(22)14(3-4-14)20-9-15-17-18-20/h8-9H,3-7H2,1-2H3. The topological polar surface area (TPSA) is 112 Å². The molecule has 0 spiro atoms. The van der Waals surface area contributed by atoms with E-state index in [0.29, 0.717) is 36.8 Å². The average molecular weight is 366 g/mol. The maximum absolute atomic E-state index is 12.3. The molecule has 1 amide bonds. The predicted molar refractivity (Wildman–Crippen MR) is 86.8 cm³/mol. The third-order valence-electron chi connectivity index (χ3n) is 3.91. The van der Waals surface area contributed by atoms with Crippen molar-refractivity contribution in [2.24, 2.45) is 0 Å². The van der Waals surface area contributed by atoms with E-state index < -0.39 is 5.54 Å². The van der Waals surface area contributed by atoms with Gasteiger partial charge in [0.25, 0.3) is 0 Å². The van der Waals surface area contributed by atoms with Crippen LogP contribution in [0.2, 0.25) is 0 Å². The van der Waals surface area contributed by atoms with Crippen LogP contribution in [0.15, 0.2) is 11.7 Å². The van der Waals surface area contributed by atoms with Crippen molar-refractivity contribution in [2.45, 2.75) is 31.9 Å². The maximum atomic E-state index is 12.3. The molecule has 0 N–H and O–H groups in total. The Morgan fingerprint density at radius 1 is 1.44 bits per heavy atom. The first kappa shape index (κ1) is 17.4. The van der Waals surface area contributed by atoms with Gasteiger partial charge in [-0.3, -0.25) is 9.69 Å². The van der Waals surface area contributed by atoms with Gasteiger partial charge in [0, 0.05) is 19.4 Å². The summed E-state index contributed by atoms with van der Waals surface area (Å²) in [5, 5.41) is 13.2. The summed E-state index contributed by atoms with van der Waals surface area (Å²) in [4.78, 5) is 30.0. The Morgan fingerprint density at radius 2 is 2.24 bits per heavy atom. The summed E-state index contributed by atoms with van der Waals surface area (Å²) >= 11 is 1.32. The molecule has 134 valence electrons. The van der Waals surface area contributed by atoms with Gasteiger partial charge in [0.2, 0.25) is 5.91 Å². The summed E-state index contributed by atoms with van der Waals surface area (Å²) in [6.07, 6.45) is 2.71. The number of hydrogen-bond acceptors (Lipinski definition) is 9. The Kier molecular flexibility index (Phi) is 5.04. The Balaban J connectivity index is 1.60. The van der Waals surface area contributed by atoms with E-state index in [-0.39, 0.29) is 18.5 Å². The van der Waals surface area contributed by atoms with Crippen LogP contribution in [0.3, 0.4) is 0 Å². The van der Waals surface area contributed by atoms with E-state index in [2.05, 4.69) is 20.5 Å². The van der Waals surface area contributed by atoms with Gasteiger partial charge in [0.15, 0.2) is 10.7 Å². The highest BCUT2D eigenvalue weighted by molar-refractivity contribution is 7.14. The van der Waals surface area contributed by atoms with Crippen LogP contribution in [-0.4, -0.2) is 57.3 Å². The highest BCUT2D eigenvalue weighted by Gasteiger charge is 2.54. The lowest BCUT2D eigenvalue weighted by atomic mass is 10.3. The number of nitrogens with zero attached hydrogens (tertiary/aromatic N) is 6. The maximum Gasteiger partial charge on any atom is 0.334 e. The first-order valence-electron chi connectivity index (χ1n) is 7.69. The fraction of sp³-hybridized carbons (Fsp3) is 0.571. The van der Waals surface area contributed by atoms with Crippen molar-refractivity contribution in [2.75, 3.05) is 25.2 Å². The number of rotatable bonds is 8. The van der Waals surface area contributed by atoms with Crippen molar-refractivity contribution >= 4 is 28.3 Å². The molecule has 0 aromatic carbocycles. The molecule has 0 saturated heterocycles. The number of anilines is 1. The number of carbonyl (C=O) groups excluding carboxylic acids is 2. The highest BCUT2D eigenvalue weighted by Crippen LogP contribution is 2.43. The minimum absolute atomic E-state index is 0.0369. The zero-order valence-electron chi connectivity index (χ0n) is 13.9. The quantitative estimate of drug-likeness (QED) is 0.616. The monoisotopic (exact) mass is 366 g/mol. The van der Waals surface area contributed by atoms with Gasteiger partial charge in [0.05, 0.1) is 18.8 Å². The molecule has 1 aliphatic rings. The summed E-state index contributed by atoms with van der Waals surface area (Å²) in [5.74, 6) is -0.497. The van der Waals surface area contributed by atoms with Gasteiger partial charge in [-0.1, -0.05) is 0 Å². The third-order valence-corrected chi connectivity index (χ3v) is 4.82. The lowest BCUT2D eigenvalue weighted by molar-refractivity contribution is -0.151. The second kappa shape index (κ2) is 7.23. The largest absolute Gasteiger partial charge is 0.457 e. The van der Waals surface area contributed by atoms with Gasteiger partial charge >= 0.3 is 5.97 Å². The number of tetrazole rings is 1. The SMILES string of the molecule is COCCN(C(C)=O)c1nc(COC(=O)C2(n3cnnn3)CC2)cs1. The molecule has 1 fully saturated rings. The van der Waals surface area contributed by atoms with Gasteiger partial charge in [-0.15, -0.1) is 16.4 Å². The molecular formula is C14H18N6O4S. The molecule has 11 heteroatoms. The molecule has 1 aliphatic carbocycles. The number of aromatic nitrogens is 5. The van der Waals surface area contributed by atoms with Crippen LogP contribution in [0, 0.1) is 0 Å². The van der Waals surface area contributed by atoms with E-state index in [1.807, 2.05) is 0 Å². The predicted octanol–water partition coefficient (Wildman–Crippen LogP) is 0.361. The molecule has 0 aliphatic heterocycles. The zero-order chi connectivity index (χ0) is 17.9. The molecule has 0 atom stereocenters.